The quantitative estimate of drug-likeness (QED) is 0.924. The van der Waals surface area contributed by atoms with Crippen molar-refractivity contribution in [2.75, 3.05) is 11.5 Å². The van der Waals surface area contributed by atoms with Gasteiger partial charge in [-0.1, -0.05) is 11.6 Å². The standard InChI is InChI=1S/C10H13ClO3S2/c11-8-1-3-15-10(8)9(12)5-7-2-4-16(13,14)6-7/h1,3,7,9,12H,2,4-6H2. The first-order chi connectivity index (χ1) is 7.48. The maximum atomic E-state index is 11.3. The van der Waals surface area contributed by atoms with Gasteiger partial charge in [-0.15, -0.1) is 11.3 Å². The molecule has 2 atom stereocenters. The molecule has 90 valence electrons. The van der Waals surface area contributed by atoms with Gasteiger partial charge in [-0.3, -0.25) is 0 Å². The van der Waals surface area contributed by atoms with Gasteiger partial charge in [0.25, 0.3) is 0 Å². The molecule has 0 amide bonds. The lowest BCUT2D eigenvalue weighted by Crippen LogP contribution is -2.09. The van der Waals surface area contributed by atoms with Crippen molar-refractivity contribution < 1.29 is 13.5 Å². The normalized spacial score (nSPS) is 25.8. The Labute approximate surface area is 104 Å². The first kappa shape index (κ1) is 12.4. The van der Waals surface area contributed by atoms with Crippen LogP contribution in [0.1, 0.15) is 23.8 Å². The van der Waals surface area contributed by atoms with Crippen LogP contribution in [0.15, 0.2) is 11.4 Å². The Morgan fingerprint density at radius 1 is 1.62 bits per heavy atom. The number of aliphatic hydroxyl groups excluding tert-OH is 1. The molecule has 1 saturated heterocycles. The van der Waals surface area contributed by atoms with Crippen LogP contribution in [0.4, 0.5) is 0 Å². The van der Waals surface area contributed by atoms with Gasteiger partial charge in [0.2, 0.25) is 0 Å². The van der Waals surface area contributed by atoms with E-state index in [1.807, 2.05) is 5.38 Å². The van der Waals surface area contributed by atoms with Gasteiger partial charge >= 0.3 is 0 Å². The summed E-state index contributed by atoms with van der Waals surface area (Å²) < 4.78 is 22.5. The third-order valence-electron chi connectivity index (χ3n) is 2.83. The zero-order valence-corrected chi connectivity index (χ0v) is 11.0. The average Bonchev–Trinajstić information content (AvgIpc) is 2.72. The van der Waals surface area contributed by atoms with Crippen molar-refractivity contribution in [3.8, 4) is 0 Å². The van der Waals surface area contributed by atoms with E-state index in [2.05, 4.69) is 0 Å². The molecule has 1 aliphatic heterocycles. The van der Waals surface area contributed by atoms with Crippen LogP contribution in [0.3, 0.4) is 0 Å². The van der Waals surface area contributed by atoms with Crippen molar-refractivity contribution in [1.29, 1.82) is 0 Å². The minimum atomic E-state index is -2.86. The summed E-state index contributed by atoms with van der Waals surface area (Å²) in [4.78, 5) is 0.742. The van der Waals surface area contributed by atoms with E-state index in [0.717, 1.165) is 4.88 Å². The van der Waals surface area contributed by atoms with Gasteiger partial charge in [-0.2, -0.15) is 0 Å². The highest BCUT2D eigenvalue weighted by Crippen LogP contribution is 2.34. The monoisotopic (exact) mass is 280 g/mol. The van der Waals surface area contributed by atoms with E-state index >= 15 is 0 Å². The third kappa shape index (κ3) is 2.77. The van der Waals surface area contributed by atoms with Crippen molar-refractivity contribution in [2.24, 2.45) is 5.92 Å². The second-order valence-corrected chi connectivity index (χ2v) is 7.74. The van der Waals surface area contributed by atoms with E-state index in [1.165, 1.54) is 11.3 Å². The molecule has 0 aliphatic carbocycles. The smallest absolute Gasteiger partial charge is 0.150 e. The van der Waals surface area contributed by atoms with Gasteiger partial charge in [0.05, 0.1) is 27.5 Å². The molecule has 0 saturated carbocycles. The van der Waals surface area contributed by atoms with Crippen LogP contribution >= 0.6 is 22.9 Å². The van der Waals surface area contributed by atoms with E-state index in [-0.39, 0.29) is 17.4 Å². The number of hydrogen-bond acceptors (Lipinski definition) is 4. The van der Waals surface area contributed by atoms with Crippen LogP contribution < -0.4 is 0 Å². The SMILES string of the molecule is O=S1(=O)CCC(CC(O)c2sccc2Cl)C1. The summed E-state index contributed by atoms with van der Waals surface area (Å²) in [6.07, 6.45) is 0.507. The van der Waals surface area contributed by atoms with E-state index in [1.54, 1.807) is 6.07 Å². The summed E-state index contributed by atoms with van der Waals surface area (Å²) in [7, 11) is -2.86. The number of hydrogen-bond donors (Lipinski definition) is 1. The summed E-state index contributed by atoms with van der Waals surface area (Å²) in [5, 5.41) is 12.3. The van der Waals surface area contributed by atoms with Crippen LogP contribution in [0.5, 0.6) is 0 Å². The fourth-order valence-corrected chi connectivity index (χ4v) is 5.09. The Balaban J connectivity index is 1.99. The molecule has 0 spiro atoms. The summed E-state index contributed by atoms with van der Waals surface area (Å²) in [6.45, 7) is 0. The maximum absolute atomic E-state index is 11.3. The van der Waals surface area contributed by atoms with Gasteiger partial charge in [0.1, 0.15) is 0 Å². The molecule has 2 unspecified atom stereocenters. The highest BCUT2D eigenvalue weighted by Gasteiger charge is 2.30. The van der Waals surface area contributed by atoms with Crippen LogP contribution in [-0.2, 0) is 9.84 Å². The summed E-state index contributed by atoms with van der Waals surface area (Å²) in [5.41, 5.74) is 0. The lowest BCUT2D eigenvalue weighted by molar-refractivity contribution is 0.152. The van der Waals surface area contributed by atoms with Gasteiger partial charge in [-0.25, -0.2) is 8.42 Å². The summed E-state index contributed by atoms with van der Waals surface area (Å²) in [6, 6.07) is 1.75. The Morgan fingerprint density at radius 3 is 2.88 bits per heavy atom. The average molecular weight is 281 g/mol. The van der Waals surface area contributed by atoms with Crippen molar-refractivity contribution in [1.82, 2.24) is 0 Å². The molecule has 2 rings (SSSR count). The summed E-state index contributed by atoms with van der Waals surface area (Å²) in [5.74, 6) is 0.522. The van der Waals surface area contributed by atoms with Crippen molar-refractivity contribution in [3.05, 3.63) is 21.3 Å². The molecule has 1 N–H and O–H groups in total. The zero-order valence-electron chi connectivity index (χ0n) is 8.60. The molecule has 2 heterocycles. The molecule has 1 aromatic rings. The molecule has 1 fully saturated rings. The van der Waals surface area contributed by atoms with E-state index in [9.17, 15) is 13.5 Å². The zero-order chi connectivity index (χ0) is 11.8. The molecule has 0 radical (unpaired) electrons. The number of sulfone groups is 1. The van der Waals surface area contributed by atoms with Crippen molar-refractivity contribution in [2.45, 2.75) is 18.9 Å². The van der Waals surface area contributed by atoms with Gasteiger partial charge in [0, 0.05) is 0 Å². The lowest BCUT2D eigenvalue weighted by Gasteiger charge is -2.13. The van der Waals surface area contributed by atoms with Crippen LogP contribution in [0.2, 0.25) is 5.02 Å². The fourth-order valence-electron chi connectivity index (χ4n) is 2.02. The number of aliphatic hydroxyl groups is 1. The molecule has 1 aliphatic rings. The first-order valence-corrected chi connectivity index (χ1v) is 8.17. The predicted molar refractivity (Wildman–Crippen MR) is 65.7 cm³/mol. The van der Waals surface area contributed by atoms with E-state index in [4.69, 9.17) is 11.6 Å². The van der Waals surface area contributed by atoms with Crippen LogP contribution in [-0.4, -0.2) is 25.0 Å². The fraction of sp³-hybridized carbons (Fsp3) is 0.600. The largest absolute Gasteiger partial charge is 0.388 e. The molecule has 1 aromatic heterocycles. The summed E-state index contributed by atoms with van der Waals surface area (Å²) >= 11 is 7.32. The van der Waals surface area contributed by atoms with E-state index < -0.39 is 15.9 Å². The van der Waals surface area contributed by atoms with Crippen LogP contribution in [0.25, 0.3) is 0 Å². The van der Waals surface area contributed by atoms with Crippen molar-refractivity contribution in [3.63, 3.8) is 0 Å². The van der Waals surface area contributed by atoms with Gasteiger partial charge < -0.3 is 5.11 Å². The Kier molecular flexibility index (Phi) is 3.59. The van der Waals surface area contributed by atoms with Crippen LogP contribution in [0, 0.1) is 5.92 Å². The molecule has 0 aromatic carbocycles. The third-order valence-corrected chi connectivity index (χ3v) is 6.13. The Bertz CT molecular complexity index is 466. The minimum absolute atomic E-state index is 0.0677. The second kappa shape index (κ2) is 4.64. The topological polar surface area (TPSA) is 54.4 Å². The Morgan fingerprint density at radius 2 is 2.38 bits per heavy atom. The maximum Gasteiger partial charge on any atom is 0.150 e. The molecular weight excluding hydrogens is 268 g/mol. The highest BCUT2D eigenvalue weighted by atomic mass is 35.5. The van der Waals surface area contributed by atoms with Crippen molar-refractivity contribution >= 4 is 32.8 Å². The molecule has 0 bridgehead atoms. The molecule has 3 nitrogen and oxygen atoms in total. The number of rotatable bonds is 3. The number of thiophene rings is 1. The molecule has 16 heavy (non-hydrogen) atoms. The lowest BCUT2D eigenvalue weighted by atomic mass is 10.0. The first-order valence-electron chi connectivity index (χ1n) is 5.09. The minimum Gasteiger partial charge on any atom is -0.388 e. The Hall–Kier alpha value is -0.100. The molecular formula is C10H13ClO3S2. The number of halogens is 1. The van der Waals surface area contributed by atoms with E-state index in [0.29, 0.717) is 17.9 Å². The molecule has 6 heteroatoms. The highest BCUT2D eigenvalue weighted by molar-refractivity contribution is 7.91. The van der Waals surface area contributed by atoms with Gasteiger partial charge in [0.15, 0.2) is 9.84 Å². The second-order valence-electron chi connectivity index (χ2n) is 4.15. The predicted octanol–water partition coefficient (Wildman–Crippen LogP) is 2.26. The van der Waals surface area contributed by atoms with Gasteiger partial charge in [-0.05, 0) is 30.2 Å².